The molecular formula is C18H16Cl2F2N4OS. The molecule has 148 valence electrons. The van der Waals surface area contributed by atoms with Crippen molar-refractivity contribution in [3.05, 3.63) is 61.4 Å². The maximum atomic E-state index is 13.6. The molecule has 1 aromatic carbocycles. The maximum Gasteiger partial charge on any atom is 0.259 e. The molecule has 0 saturated heterocycles. The van der Waals surface area contributed by atoms with E-state index in [2.05, 4.69) is 5.10 Å². The van der Waals surface area contributed by atoms with Crippen LogP contribution in [0.3, 0.4) is 0 Å². The molecule has 0 aliphatic heterocycles. The maximum absolute atomic E-state index is 13.6. The highest BCUT2D eigenvalue weighted by Gasteiger charge is 2.30. The Labute approximate surface area is 173 Å². The van der Waals surface area contributed by atoms with E-state index in [0.29, 0.717) is 31.7 Å². The molecule has 0 radical (unpaired) electrons. The SMILES string of the molecule is Cn1ncc(Cl)c1-c1c(Cl)sc(C(N)=O)c1[C@@H](CN)Cc1ccc(F)c(F)c1. The fourth-order valence-corrected chi connectivity index (χ4v) is 4.80. The topological polar surface area (TPSA) is 86.9 Å². The van der Waals surface area contributed by atoms with E-state index in [9.17, 15) is 13.6 Å². The van der Waals surface area contributed by atoms with E-state index in [1.165, 1.54) is 16.9 Å². The van der Waals surface area contributed by atoms with Gasteiger partial charge in [0.25, 0.3) is 5.91 Å². The molecule has 2 heterocycles. The van der Waals surface area contributed by atoms with E-state index in [4.69, 9.17) is 34.7 Å². The van der Waals surface area contributed by atoms with E-state index in [1.807, 2.05) is 0 Å². The summed E-state index contributed by atoms with van der Waals surface area (Å²) < 4.78 is 28.7. The van der Waals surface area contributed by atoms with E-state index >= 15 is 0 Å². The van der Waals surface area contributed by atoms with Crippen molar-refractivity contribution in [2.24, 2.45) is 18.5 Å². The van der Waals surface area contributed by atoms with Gasteiger partial charge in [-0.25, -0.2) is 8.78 Å². The third kappa shape index (κ3) is 3.77. The van der Waals surface area contributed by atoms with Crippen LogP contribution in [0.4, 0.5) is 8.78 Å². The molecule has 28 heavy (non-hydrogen) atoms. The summed E-state index contributed by atoms with van der Waals surface area (Å²) in [7, 11) is 1.69. The Bertz CT molecular complexity index is 1030. The first-order chi connectivity index (χ1) is 13.2. The molecule has 0 aliphatic rings. The minimum atomic E-state index is -0.957. The second kappa shape index (κ2) is 8.16. The van der Waals surface area contributed by atoms with Crippen molar-refractivity contribution in [2.75, 3.05) is 6.54 Å². The van der Waals surface area contributed by atoms with Gasteiger partial charge in [0.15, 0.2) is 11.6 Å². The largest absolute Gasteiger partial charge is 0.365 e. The minimum absolute atomic E-state index is 0.120. The summed E-state index contributed by atoms with van der Waals surface area (Å²) in [5.41, 5.74) is 13.6. The van der Waals surface area contributed by atoms with Gasteiger partial charge in [-0.2, -0.15) is 5.10 Å². The van der Waals surface area contributed by atoms with Crippen LogP contribution >= 0.6 is 34.5 Å². The Morgan fingerprint density at radius 2 is 2.04 bits per heavy atom. The zero-order valence-corrected chi connectivity index (χ0v) is 17.0. The van der Waals surface area contributed by atoms with Crippen molar-refractivity contribution < 1.29 is 13.6 Å². The van der Waals surface area contributed by atoms with Gasteiger partial charge in [-0.1, -0.05) is 29.3 Å². The van der Waals surface area contributed by atoms with Crippen molar-refractivity contribution in [1.29, 1.82) is 0 Å². The number of hydrogen-bond acceptors (Lipinski definition) is 4. The van der Waals surface area contributed by atoms with Crippen molar-refractivity contribution in [3.63, 3.8) is 0 Å². The zero-order valence-electron chi connectivity index (χ0n) is 14.7. The molecule has 3 aromatic rings. The number of rotatable bonds is 6. The first-order valence-corrected chi connectivity index (χ1v) is 9.75. The van der Waals surface area contributed by atoms with Crippen molar-refractivity contribution in [3.8, 4) is 11.3 Å². The third-order valence-corrected chi connectivity index (χ3v) is 6.12. The van der Waals surface area contributed by atoms with Crippen LogP contribution in [0.2, 0.25) is 9.36 Å². The Morgan fingerprint density at radius 1 is 1.32 bits per heavy atom. The fraction of sp³-hybridized carbons (Fsp3) is 0.222. The average Bonchev–Trinajstić information content (AvgIpc) is 3.15. The predicted molar refractivity (Wildman–Crippen MR) is 107 cm³/mol. The van der Waals surface area contributed by atoms with Gasteiger partial charge in [-0.3, -0.25) is 9.48 Å². The molecule has 0 saturated carbocycles. The second-order valence-corrected chi connectivity index (χ2v) is 8.24. The molecule has 0 fully saturated rings. The van der Waals surface area contributed by atoms with E-state index in [0.717, 1.165) is 23.5 Å². The molecule has 3 rings (SSSR count). The molecular weight excluding hydrogens is 429 g/mol. The Hall–Kier alpha value is -2.00. The summed E-state index contributed by atoms with van der Waals surface area (Å²) >= 11 is 13.7. The number of nitrogens with zero attached hydrogens (tertiary/aromatic N) is 2. The number of carbonyl (C=O) groups excluding carboxylic acids is 1. The summed E-state index contributed by atoms with van der Waals surface area (Å²) in [5.74, 6) is -2.99. The van der Waals surface area contributed by atoms with Gasteiger partial charge >= 0.3 is 0 Å². The normalized spacial score (nSPS) is 12.4. The van der Waals surface area contributed by atoms with Gasteiger partial charge in [-0.15, -0.1) is 11.3 Å². The number of primary amides is 1. The lowest BCUT2D eigenvalue weighted by Crippen LogP contribution is -2.20. The first-order valence-electron chi connectivity index (χ1n) is 8.18. The smallest absolute Gasteiger partial charge is 0.259 e. The summed E-state index contributed by atoms with van der Waals surface area (Å²) in [6, 6.07) is 3.62. The third-order valence-electron chi connectivity index (χ3n) is 4.42. The van der Waals surface area contributed by atoms with Gasteiger partial charge in [0.05, 0.1) is 21.8 Å². The zero-order chi connectivity index (χ0) is 20.6. The Morgan fingerprint density at radius 3 is 2.57 bits per heavy atom. The molecule has 0 spiro atoms. The number of halogens is 4. The average molecular weight is 445 g/mol. The summed E-state index contributed by atoms with van der Waals surface area (Å²) in [4.78, 5) is 12.3. The Balaban J connectivity index is 2.17. The summed E-state index contributed by atoms with van der Waals surface area (Å²) in [6.45, 7) is 0.120. The van der Waals surface area contributed by atoms with Crippen LogP contribution in [0.25, 0.3) is 11.3 Å². The van der Waals surface area contributed by atoms with Crippen LogP contribution in [0.15, 0.2) is 24.4 Å². The highest BCUT2D eigenvalue weighted by atomic mass is 35.5. The molecule has 0 unspecified atom stereocenters. The molecule has 4 N–H and O–H groups in total. The van der Waals surface area contributed by atoms with Crippen molar-refractivity contribution >= 4 is 40.4 Å². The van der Waals surface area contributed by atoms with Crippen LogP contribution in [0.1, 0.15) is 26.7 Å². The number of thiophene rings is 1. The van der Waals surface area contributed by atoms with Crippen LogP contribution in [0, 0.1) is 11.6 Å². The van der Waals surface area contributed by atoms with E-state index in [1.54, 1.807) is 7.05 Å². The molecule has 0 bridgehead atoms. The molecule has 1 amide bonds. The number of amides is 1. The van der Waals surface area contributed by atoms with E-state index < -0.39 is 23.5 Å². The van der Waals surface area contributed by atoms with Crippen molar-refractivity contribution in [2.45, 2.75) is 12.3 Å². The molecule has 5 nitrogen and oxygen atoms in total. The lowest BCUT2D eigenvalue weighted by Gasteiger charge is -2.18. The summed E-state index contributed by atoms with van der Waals surface area (Å²) in [5, 5.41) is 4.46. The number of nitrogens with two attached hydrogens (primary N) is 2. The highest BCUT2D eigenvalue weighted by Crippen LogP contribution is 2.46. The van der Waals surface area contributed by atoms with Crippen LogP contribution in [-0.2, 0) is 13.5 Å². The van der Waals surface area contributed by atoms with Gasteiger partial charge in [0.2, 0.25) is 0 Å². The standard InChI is InChI=1S/C18H16Cl2F2N4OS/c1-26-15(10(19)7-25-26)14-13(16(18(24)27)28-17(14)20)9(6-23)4-8-2-3-11(21)12(22)5-8/h2-3,5,7,9H,4,6,23H2,1H3,(H2,24,27)/t9-/m1/s1. The summed E-state index contributed by atoms with van der Waals surface area (Å²) in [6.07, 6.45) is 1.72. The number of aromatic nitrogens is 2. The van der Waals surface area contributed by atoms with Gasteiger partial charge in [-0.05, 0) is 36.2 Å². The minimum Gasteiger partial charge on any atom is -0.365 e. The molecule has 2 aromatic heterocycles. The highest BCUT2D eigenvalue weighted by molar-refractivity contribution is 7.18. The molecule has 0 aliphatic carbocycles. The van der Waals surface area contributed by atoms with Crippen LogP contribution in [0.5, 0.6) is 0 Å². The van der Waals surface area contributed by atoms with Crippen molar-refractivity contribution in [1.82, 2.24) is 9.78 Å². The van der Waals surface area contributed by atoms with Gasteiger partial charge in [0.1, 0.15) is 4.34 Å². The fourth-order valence-electron chi connectivity index (χ4n) is 3.15. The number of carbonyl (C=O) groups is 1. The number of benzene rings is 1. The molecule has 10 heteroatoms. The van der Waals surface area contributed by atoms with Crippen LogP contribution in [-0.4, -0.2) is 22.2 Å². The lowest BCUT2D eigenvalue weighted by atomic mass is 9.88. The monoisotopic (exact) mass is 444 g/mol. The van der Waals surface area contributed by atoms with Gasteiger partial charge < -0.3 is 11.5 Å². The lowest BCUT2D eigenvalue weighted by molar-refractivity contribution is 0.100. The first kappa shape index (κ1) is 20.7. The predicted octanol–water partition coefficient (Wildman–Crippen LogP) is 4.12. The number of aryl methyl sites for hydroxylation is 1. The van der Waals surface area contributed by atoms with Gasteiger partial charge in [0, 0.05) is 18.5 Å². The quantitative estimate of drug-likeness (QED) is 0.599. The molecule has 1 atom stereocenters. The number of hydrogen-bond donors (Lipinski definition) is 2. The second-order valence-electron chi connectivity index (χ2n) is 6.21. The Kier molecular flexibility index (Phi) is 6.04. The van der Waals surface area contributed by atoms with Crippen LogP contribution < -0.4 is 11.5 Å². The van der Waals surface area contributed by atoms with E-state index in [-0.39, 0.29) is 17.8 Å².